The molecule has 0 amide bonds. The Morgan fingerprint density at radius 2 is 1.94 bits per heavy atom. The normalized spacial score (nSPS) is 14.5. The molecule has 1 fully saturated rings. The molecule has 0 atom stereocenters. The minimum Gasteiger partial charge on any atom is -0.462 e. The van der Waals surface area contributed by atoms with Crippen LogP contribution in [0.1, 0.15) is 36.5 Å². The molecular weight excluding hydrogens is 394 g/mol. The molecule has 31 heavy (non-hydrogen) atoms. The number of anilines is 1. The third kappa shape index (κ3) is 4.74. The lowest BCUT2D eigenvalue weighted by atomic mass is 10.1. The topological polar surface area (TPSA) is 89.3 Å². The zero-order chi connectivity index (χ0) is 21.6. The van der Waals surface area contributed by atoms with E-state index in [0.29, 0.717) is 11.6 Å². The van der Waals surface area contributed by atoms with Crippen molar-refractivity contribution in [2.75, 3.05) is 38.1 Å². The van der Waals surface area contributed by atoms with Gasteiger partial charge in [0.15, 0.2) is 5.65 Å². The Kier molecular flexibility index (Phi) is 6.57. The van der Waals surface area contributed by atoms with Crippen LogP contribution in [0, 0.1) is 0 Å². The molecule has 8 nitrogen and oxygen atoms in total. The van der Waals surface area contributed by atoms with E-state index in [1.165, 1.54) is 31.7 Å². The van der Waals surface area contributed by atoms with Crippen molar-refractivity contribution in [1.82, 2.24) is 19.4 Å². The van der Waals surface area contributed by atoms with Gasteiger partial charge in [-0.05, 0) is 45.0 Å². The highest BCUT2D eigenvalue weighted by atomic mass is 16.5. The van der Waals surface area contributed by atoms with Crippen LogP contribution < -0.4 is 10.7 Å². The van der Waals surface area contributed by atoms with E-state index in [2.05, 4.69) is 20.2 Å². The lowest BCUT2D eigenvalue weighted by Crippen LogP contribution is -2.33. The SMILES string of the molecule is CCOC(=O)c1cn(-c2ccccc2)c2nc(NCCN3CCCCC3)ncc2c1=O. The van der Waals surface area contributed by atoms with E-state index in [1.54, 1.807) is 11.5 Å². The molecule has 1 saturated heterocycles. The van der Waals surface area contributed by atoms with Crippen LogP contribution in [0.15, 0.2) is 47.5 Å². The Labute approximate surface area is 180 Å². The second-order valence-electron chi connectivity index (χ2n) is 7.56. The first kappa shape index (κ1) is 21.0. The largest absolute Gasteiger partial charge is 0.462 e. The number of carbonyl (C=O) groups excluding carboxylic acids is 1. The number of carbonyl (C=O) groups is 1. The molecule has 1 aliphatic heterocycles. The number of rotatable bonds is 7. The maximum absolute atomic E-state index is 12.9. The maximum Gasteiger partial charge on any atom is 0.343 e. The molecule has 0 saturated carbocycles. The van der Waals surface area contributed by atoms with Crippen LogP contribution in [0.25, 0.3) is 16.7 Å². The monoisotopic (exact) mass is 421 g/mol. The third-order valence-corrected chi connectivity index (χ3v) is 5.43. The van der Waals surface area contributed by atoms with Crippen molar-refractivity contribution >= 4 is 23.0 Å². The average molecular weight is 422 g/mol. The number of ether oxygens (including phenoxy) is 1. The van der Waals surface area contributed by atoms with Gasteiger partial charge in [0, 0.05) is 31.2 Å². The predicted molar refractivity (Wildman–Crippen MR) is 120 cm³/mol. The molecule has 0 bridgehead atoms. The van der Waals surface area contributed by atoms with Gasteiger partial charge in [-0.15, -0.1) is 0 Å². The van der Waals surface area contributed by atoms with Crippen LogP contribution in [-0.2, 0) is 4.74 Å². The molecule has 3 aromatic rings. The van der Waals surface area contributed by atoms with Gasteiger partial charge in [-0.2, -0.15) is 4.98 Å². The molecule has 4 rings (SSSR count). The van der Waals surface area contributed by atoms with E-state index in [4.69, 9.17) is 4.74 Å². The number of benzene rings is 1. The number of piperidine rings is 1. The van der Waals surface area contributed by atoms with Gasteiger partial charge in [-0.3, -0.25) is 4.79 Å². The minimum atomic E-state index is -0.650. The number of hydrogen-bond acceptors (Lipinski definition) is 7. The fraction of sp³-hybridized carbons (Fsp3) is 0.391. The summed E-state index contributed by atoms with van der Waals surface area (Å²) in [6.07, 6.45) is 6.79. The molecule has 0 radical (unpaired) electrons. The smallest absolute Gasteiger partial charge is 0.343 e. The van der Waals surface area contributed by atoms with Crippen LogP contribution in [0.5, 0.6) is 0 Å². The fourth-order valence-electron chi connectivity index (χ4n) is 3.84. The van der Waals surface area contributed by atoms with Gasteiger partial charge in [0.2, 0.25) is 11.4 Å². The van der Waals surface area contributed by atoms with Gasteiger partial charge in [-0.1, -0.05) is 24.6 Å². The number of pyridine rings is 1. The summed E-state index contributed by atoms with van der Waals surface area (Å²) >= 11 is 0. The highest BCUT2D eigenvalue weighted by molar-refractivity contribution is 5.93. The van der Waals surface area contributed by atoms with E-state index in [0.717, 1.165) is 31.9 Å². The van der Waals surface area contributed by atoms with Crippen LogP contribution >= 0.6 is 0 Å². The number of para-hydroxylation sites is 1. The second kappa shape index (κ2) is 9.70. The Balaban J connectivity index is 1.68. The van der Waals surface area contributed by atoms with Crippen molar-refractivity contribution in [3.05, 3.63) is 58.5 Å². The Morgan fingerprint density at radius 3 is 2.68 bits per heavy atom. The molecule has 2 aromatic heterocycles. The molecule has 8 heteroatoms. The first-order chi connectivity index (χ1) is 15.2. The summed E-state index contributed by atoms with van der Waals surface area (Å²) in [5.74, 6) is -0.194. The number of nitrogens with zero attached hydrogens (tertiary/aromatic N) is 4. The molecular formula is C23H27N5O3. The number of likely N-dealkylation sites (tertiary alicyclic amines) is 1. The zero-order valence-corrected chi connectivity index (χ0v) is 17.7. The summed E-state index contributed by atoms with van der Waals surface area (Å²) in [6.45, 7) is 5.81. The van der Waals surface area contributed by atoms with Crippen LogP contribution in [0.3, 0.4) is 0 Å². The Hall–Kier alpha value is -3.26. The van der Waals surface area contributed by atoms with E-state index < -0.39 is 11.4 Å². The van der Waals surface area contributed by atoms with Crippen LogP contribution in [0.4, 0.5) is 5.95 Å². The van der Waals surface area contributed by atoms with Gasteiger partial charge in [-0.25, -0.2) is 9.78 Å². The molecule has 0 spiro atoms. The number of fused-ring (bicyclic) bond motifs is 1. The number of nitrogens with one attached hydrogen (secondary N) is 1. The van der Waals surface area contributed by atoms with Gasteiger partial charge in [0.05, 0.1) is 12.0 Å². The van der Waals surface area contributed by atoms with Gasteiger partial charge in [0.25, 0.3) is 0 Å². The van der Waals surface area contributed by atoms with Crippen molar-refractivity contribution in [2.24, 2.45) is 0 Å². The Bertz CT molecular complexity index is 1110. The molecule has 1 aromatic carbocycles. The minimum absolute atomic E-state index is 0.0346. The summed E-state index contributed by atoms with van der Waals surface area (Å²) in [5.41, 5.74) is 0.767. The molecule has 162 valence electrons. The van der Waals surface area contributed by atoms with Crippen LogP contribution in [0.2, 0.25) is 0 Å². The number of hydrogen-bond donors (Lipinski definition) is 1. The van der Waals surface area contributed by atoms with Crippen molar-refractivity contribution in [3.63, 3.8) is 0 Å². The summed E-state index contributed by atoms with van der Waals surface area (Å²) in [5, 5.41) is 3.54. The molecule has 0 unspecified atom stereocenters. The summed E-state index contributed by atoms with van der Waals surface area (Å²) in [7, 11) is 0. The highest BCUT2D eigenvalue weighted by Gasteiger charge is 2.19. The summed E-state index contributed by atoms with van der Waals surface area (Å²) in [4.78, 5) is 36.7. The molecule has 1 N–H and O–H groups in total. The first-order valence-corrected chi connectivity index (χ1v) is 10.8. The summed E-state index contributed by atoms with van der Waals surface area (Å²) in [6, 6.07) is 9.47. The maximum atomic E-state index is 12.9. The molecule has 1 aliphatic rings. The van der Waals surface area contributed by atoms with E-state index in [9.17, 15) is 9.59 Å². The quantitative estimate of drug-likeness (QED) is 0.587. The molecule has 3 heterocycles. The molecule has 0 aliphatic carbocycles. The lowest BCUT2D eigenvalue weighted by Gasteiger charge is -2.26. The first-order valence-electron chi connectivity index (χ1n) is 10.8. The zero-order valence-electron chi connectivity index (χ0n) is 17.7. The lowest BCUT2D eigenvalue weighted by molar-refractivity contribution is 0.0524. The van der Waals surface area contributed by atoms with E-state index in [1.807, 2.05) is 30.3 Å². The van der Waals surface area contributed by atoms with Crippen molar-refractivity contribution in [2.45, 2.75) is 26.2 Å². The summed E-state index contributed by atoms with van der Waals surface area (Å²) < 4.78 is 6.81. The third-order valence-electron chi connectivity index (χ3n) is 5.43. The highest BCUT2D eigenvalue weighted by Crippen LogP contribution is 2.17. The van der Waals surface area contributed by atoms with Gasteiger partial charge >= 0.3 is 5.97 Å². The number of esters is 1. The number of aromatic nitrogens is 3. The standard InChI is InChI=1S/C23H27N5O3/c1-2-31-22(30)19-16-28(17-9-5-3-6-10-17)21-18(20(19)29)15-25-23(26-21)24-11-14-27-12-7-4-8-13-27/h3,5-6,9-10,15-16H,2,4,7-8,11-14H2,1H3,(H,24,25,26). The van der Waals surface area contributed by atoms with Gasteiger partial charge < -0.3 is 19.5 Å². The fourth-order valence-corrected chi connectivity index (χ4v) is 3.84. The van der Waals surface area contributed by atoms with Gasteiger partial charge in [0.1, 0.15) is 5.56 Å². The predicted octanol–water partition coefficient (Wildman–Crippen LogP) is 2.86. The van der Waals surface area contributed by atoms with Crippen molar-refractivity contribution < 1.29 is 9.53 Å². The second-order valence-corrected chi connectivity index (χ2v) is 7.56. The van der Waals surface area contributed by atoms with E-state index >= 15 is 0 Å². The van der Waals surface area contributed by atoms with Crippen molar-refractivity contribution in [1.29, 1.82) is 0 Å². The Morgan fingerprint density at radius 1 is 1.16 bits per heavy atom. The average Bonchev–Trinajstić information content (AvgIpc) is 2.81. The van der Waals surface area contributed by atoms with Crippen LogP contribution in [-0.4, -0.2) is 58.2 Å². The van der Waals surface area contributed by atoms with Crippen molar-refractivity contribution in [3.8, 4) is 5.69 Å². The van der Waals surface area contributed by atoms with E-state index in [-0.39, 0.29) is 17.6 Å².